The molecule has 2 aromatic carbocycles. The molecule has 1 atom stereocenters. The summed E-state index contributed by atoms with van der Waals surface area (Å²) < 4.78 is 5.53. The second-order valence-corrected chi connectivity index (χ2v) is 7.83. The summed E-state index contributed by atoms with van der Waals surface area (Å²) in [7, 11) is 0. The van der Waals surface area contributed by atoms with Gasteiger partial charge in [0.1, 0.15) is 12.1 Å². The number of benzene rings is 2. The van der Waals surface area contributed by atoms with Gasteiger partial charge in [-0.05, 0) is 41.5 Å². The first kappa shape index (κ1) is 18.5. The van der Waals surface area contributed by atoms with Gasteiger partial charge in [-0.15, -0.1) is 0 Å². The topological polar surface area (TPSA) is 75.6 Å². The van der Waals surface area contributed by atoms with Gasteiger partial charge in [0.15, 0.2) is 0 Å². The monoisotopic (exact) mass is 379 g/mol. The van der Waals surface area contributed by atoms with Crippen LogP contribution in [0.5, 0.6) is 0 Å². The number of fused-ring (bicyclic) bond motifs is 3. The average molecular weight is 379 g/mol. The Balaban J connectivity index is 1.50. The molecule has 146 valence electrons. The van der Waals surface area contributed by atoms with Crippen molar-refractivity contribution in [1.82, 2.24) is 5.32 Å². The van der Waals surface area contributed by atoms with E-state index in [-0.39, 0.29) is 17.9 Å². The first-order chi connectivity index (χ1) is 13.5. The smallest absolute Gasteiger partial charge is 0.408 e. The molecule has 0 unspecified atom stereocenters. The van der Waals surface area contributed by atoms with E-state index in [4.69, 9.17) is 4.74 Å². The lowest BCUT2D eigenvalue weighted by Gasteiger charge is -2.22. The molecule has 2 aliphatic rings. The Morgan fingerprint density at radius 3 is 2.04 bits per heavy atom. The fraction of sp³-hybridized carbons (Fsp3) is 0.391. The van der Waals surface area contributed by atoms with Gasteiger partial charge in [-0.25, -0.2) is 9.59 Å². The molecular formula is C23H25NO4. The fourth-order valence-electron chi connectivity index (χ4n) is 4.91. The Labute approximate surface area is 164 Å². The maximum absolute atomic E-state index is 12.5. The van der Waals surface area contributed by atoms with Crippen molar-refractivity contribution >= 4 is 12.1 Å². The lowest BCUT2D eigenvalue weighted by molar-refractivity contribution is -0.142. The van der Waals surface area contributed by atoms with Gasteiger partial charge in [0, 0.05) is 11.3 Å². The molecule has 2 aromatic rings. The molecule has 1 fully saturated rings. The number of aliphatic carboxylic acids is 1. The van der Waals surface area contributed by atoms with Crippen LogP contribution in [0, 0.1) is 5.41 Å². The third kappa shape index (κ3) is 2.60. The van der Waals surface area contributed by atoms with Gasteiger partial charge in [-0.1, -0.05) is 62.4 Å². The summed E-state index contributed by atoms with van der Waals surface area (Å²) in [6.45, 7) is 4.11. The van der Waals surface area contributed by atoms with Crippen molar-refractivity contribution in [2.24, 2.45) is 5.41 Å². The van der Waals surface area contributed by atoms with Crippen LogP contribution < -0.4 is 5.32 Å². The number of carboxylic acids is 1. The van der Waals surface area contributed by atoms with E-state index >= 15 is 0 Å². The predicted octanol–water partition coefficient (Wildman–Crippen LogP) is 4.56. The van der Waals surface area contributed by atoms with Crippen LogP contribution in [-0.4, -0.2) is 29.3 Å². The van der Waals surface area contributed by atoms with Gasteiger partial charge in [0.2, 0.25) is 0 Å². The number of ether oxygens (including phenoxy) is 1. The van der Waals surface area contributed by atoms with Gasteiger partial charge in [-0.3, -0.25) is 0 Å². The van der Waals surface area contributed by atoms with Crippen molar-refractivity contribution in [3.05, 3.63) is 59.7 Å². The van der Waals surface area contributed by atoms with E-state index in [1.54, 1.807) is 0 Å². The zero-order chi connectivity index (χ0) is 19.9. The zero-order valence-electron chi connectivity index (χ0n) is 16.2. The minimum absolute atomic E-state index is 0.0414. The number of hydrogen-bond acceptors (Lipinski definition) is 3. The van der Waals surface area contributed by atoms with E-state index in [2.05, 4.69) is 29.6 Å². The summed E-state index contributed by atoms with van der Waals surface area (Å²) in [6, 6.07) is 16.2. The van der Waals surface area contributed by atoms with Crippen LogP contribution in [0.1, 0.15) is 50.2 Å². The van der Waals surface area contributed by atoms with Gasteiger partial charge >= 0.3 is 12.1 Å². The summed E-state index contributed by atoms with van der Waals surface area (Å²) >= 11 is 0. The maximum Gasteiger partial charge on any atom is 0.408 e. The van der Waals surface area contributed by atoms with E-state index in [0.29, 0.717) is 19.3 Å². The molecule has 2 aliphatic carbocycles. The highest BCUT2D eigenvalue weighted by atomic mass is 16.5. The largest absolute Gasteiger partial charge is 0.479 e. The van der Waals surface area contributed by atoms with E-state index in [0.717, 1.165) is 22.3 Å². The summed E-state index contributed by atoms with van der Waals surface area (Å²) in [5, 5.41) is 12.4. The summed E-state index contributed by atoms with van der Waals surface area (Å²) in [5.41, 5.74) is 2.99. The lowest BCUT2D eigenvalue weighted by atomic mass is 9.93. The minimum atomic E-state index is -1.21. The predicted molar refractivity (Wildman–Crippen MR) is 106 cm³/mol. The number of carboxylic acid groups (broad SMARTS) is 1. The van der Waals surface area contributed by atoms with Crippen molar-refractivity contribution < 1.29 is 19.4 Å². The summed E-state index contributed by atoms with van der Waals surface area (Å²) in [6.07, 6.45) is 1.21. The zero-order valence-corrected chi connectivity index (χ0v) is 16.2. The van der Waals surface area contributed by atoms with Crippen LogP contribution in [0.15, 0.2) is 48.5 Å². The van der Waals surface area contributed by atoms with Crippen LogP contribution in [0.25, 0.3) is 11.1 Å². The number of rotatable bonds is 6. The molecule has 0 heterocycles. The summed E-state index contributed by atoms with van der Waals surface area (Å²) in [4.78, 5) is 24.4. The molecule has 0 saturated heterocycles. The van der Waals surface area contributed by atoms with Crippen LogP contribution >= 0.6 is 0 Å². The SMILES string of the molecule is CCC1(CC)C[C@@]1(NC(=O)OCC1c2ccccc2-c2ccccc21)C(=O)O. The Hall–Kier alpha value is -2.82. The van der Waals surface area contributed by atoms with Crippen LogP contribution in [0.3, 0.4) is 0 Å². The van der Waals surface area contributed by atoms with E-state index < -0.39 is 17.6 Å². The molecule has 0 aliphatic heterocycles. The van der Waals surface area contributed by atoms with Gasteiger partial charge < -0.3 is 15.2 Å². The molecule has 4 rings (SSSR count). The highest BCUT2D eigenvalue weighted by Gasteiger charge is 2.71. The third-order valence-electron chi connectivity index (χ3n) is 6.76. The van der Waals surface area contributed by atoms with Gasteiger partial charge in [0.25, 0.3) is 0 Å². The van der Waals surface area contributed by atoms with Crippen molar-refractivity contribution in [2.45, 2.75) is 44.6 Å². The first-order valence-electron chi connectivity index (χ1n) is 9.84. The number of hydrogen-bond donors (Lipinski definition) is 2. The molecule has 0 radical (unpaired) electrons. The van der Waals surface area contributed by atoms with E-state index in [1.807, 2.05) is 38.1 Å². The number of nitrogens with one attached hydrogen (secondary N) is 1. The van der Waals surface area contributed by atoms with E-state index in [9.17, 15) is 14.7 Å². The molecule has 1 amide bonds. The first-order valence-corrected chi connectivity index (χ1v) is 9.84. The second-order valence-electron chi connectivity index (χ2n) is 7.83. The summed E-state index contributed by atoms with van der Waals surface area (Å²) in [5.74, 6) is -1.02. The Bertz CT molecular complexity index is 888. The molecule has 5 heteroatoms. The maximum atomic E-state index is 12.5. The Kier molecular flexibility index (Phi) is 4.41. The second kappa shape index (κ2) is 6.66. The van der Waals surface area contributed by atoms with Crippen molar-refractivity contribution in [3.8, 4) is 11.1 Å². The quantitative estimate of drug-likeness (QED) is 0.771. The van der Waals surface area contributed by atoms with Gasteiger partial charge in [0.05, 0.1) is 0 Å². The molecule has 0 spiro atoms. The van der Waals surface area contributed by atoms with Gasteiger partial charge in [-0.2, -0.15) is 0 Å². The highest BCUT2D eigenvalue weighted by molar-refractivity contribution is 5.89. The lowest BCUT2D eigenvalue weighted by Crippen LogP contribution is -2.48. The number of alkyl carbamates (subject to hydrolysis) is 1. The number of carbonyl (C=O) groups excluding carboxylic acids is 1. The van der Waals surface area contributed by atoms with Crippen molar-refractivity contribution in [2.75, 3.05) is 6.61 Å². The Morgan fingerprint density at radius 2 is 1.57 bits per heavy atom. The van der Waals surface area contributed by atoms with E-state index in [1.165, 1.54) is 0 Å². The standard InChI is InChI=1S/C23H25NO4/c1-3-22(4-2)14-23(22,20(25)26)24-21(27)28-13-19-17-11-7-5-9-15(17)16-10-6-8-12-18(16)19/h5-12,19H,3-4,13-14H2,1-2H3,(H,24,27)(H,25,26)/t23-/m1/s1. The van der Waals surface area contributed by atoms with Crippen molar-refractivity contribution in [1.29, 1.82) is 0 Å². The Morgan fingerprint density at radius 1 is 1.04 bits per heavy atom. The molecule has 1 saturated carbocycles. The third-order valence-corrected chi connectivity index (χ3v) is 6.76. The normalized spacial score (nSPS) is 21.5. The average Bonchev–Trinajstić information content (AvgIpc) is 3.27. The number of carbonyl (C=O) groups is 2. The van der Waals surface area contributed by atoms with Crippen LogP contribution in [0.4, 0.5) is 4.79 Å². The fourth-order valence-corrected chi connectivity index (χ4v) is 4.91. The van der Waals surface area contributed by atoms with Crippen LogP contribution in [-0.2, 0) is 9.53 Å². The molecular weight excluding hydrogens is 354 g/mol. The molecule has 0 aromatic heterocycles. The molecule has 28 heavy (non-hydrogen) atoms. The number of amides is 1. The van der Waals surface area contributed by atoms with Crippen LogP contribution in [0.2, 0.25) is 0 Å². The minimum Gasteiger partial charge on any atom is -0.479 e. The molecule has 0 bridgehead atoms. The molecule has 2 N–H and O–H groups in total. The molecule has 5 nitrogen and oxygen atoms in total. The van der Waals surface area contributed by atoms with Crippen molar-refractivity contribution in [3.63, 3.8) is 0 Å². The highest BCUT2D eigenvalue weighted by Crippen LogP contribution is 2.61.